The molecule has 0 fully saturated rings. The number of amides is 1. The first-order valence-electron chi connectivity index (χ1n) is 5.79. The van der Waals surface area contributed by atoms with Crippen molar-refractivity contribution < 1.29 is 22.8 Å². The van der Waals surface area contributed by atoms with Gasteiger partial charge in [0.05, 0.1) is 18.4 Å². The third-order valence-electron chi connectivity index (χ3n) is 2.70. The van der Waals surface area contributed by atoms with Gasteiger partial charge in [-0.15, -0.1) is 0 Å². The molecule has 0 unspecified atom stereocenters. The highest BCUT2D eigenvalue weighted by Gasteiger charge is 2.16. The molecule has 0 aliphatic rings. The molecule has 0 radical (unpaired) electrons. The summed E-state index contributed by atoms with van der Waals surface area (Å²) in [6, 6.07) is 4.73. The summed E-state index contributed by atoms with van der Waals surface area (Å²) in [6.07, 6.45) is 1.33. The zero-order chi connectivity index (χ0) is 14.7. The van der Waals surface area contributed by atoms with Crippen molar-refractivity contribution in [1.29, 1.82) is 0 Å². The van der Waals surface area contributed by atoms with Crippen LogP contribution < -0.4 is 5.32 Å². The Kier molecular flexibility index (Phi) is 3.93. The lowest BCUT2D eigenvalue weighted by molar-refractivity contribution is 0.0890. The minimum Gasteiger partial charge on any atom is -0.461 e. The minimum atomic E-state index is -0.976. The third kappa shape index (κ3) is 2.90. The van der Waals surface area contributed by atoms with Gasteiger partial charge in [-0.2, -0.15) is 0 Å². The molecular formula is C14H11F2NO3. The lowest BCUT2D eigenvalue weighted by Gasteiger charge is -2.06. The van der Waals surface area contributed by atoms with Crippen molar-refractivity contribution in [2.24, 2.45) is 0 Å². The summed E-state index contributed by atoms with van der Waals surface area (Å²) < 4.78 is 31.4. The standard InChI is InChI=1S/C14H11F2NO3/c1-8-5-9(11(16)6-10(8)15)14(19)17-7-12(18)13-3-2-4-20-13/h2-6H,7H2,1H3,(H,17,19). The van der Waals surface area contributed by atoms with Crippen molar-refractivity contribution in [1.82, 2.24) is 5.32 Å². The van der Waals surface area contributed by atoms with Gasteiger partial charge in [-0.3, -0.25) is 9.59 Å². The first-order valence-corrected chi connectivity index (χ1v) is 5.79. The van der Waals surface area contributed by atoms with E-state index in [1.165, 1.54) is 25.3 Å². The van der Waals surface area contributed by atoms with Crippen LogP contribution in [0.1, 0.15) is 26.5 Å². The van der Waals surface area contributed by atoms with Crippen LogP contribution >= 0.6 is 0 Å². The zero-order valence-electron chi connectivity index (χ0n) is 10.6. The number of carbonyl (C=O) groups is 2. The maximum atomic E-state index is 13.5. The van der Waals surface area contributed by atoms with Gasteiger partial charge in [0.2, 0.25) is 5.78 Å². The normalized spacial score (nSPS) is 10.3. The van der Waals surface area contributed by atoms with Crippen LogP contribution in [0.2, 0.25) is 0 Å². The Labute approximate surface area is 113 Å². The monoisotopic (exact) mass is 279 g/mol. The van der Waals surface area contributed by atoms with Crippen LogP contribution in [0, 0.1) is 18.6 Å². The van der Waals surface area contributed by atoms with Gasteiger partial charge in [0, 0.05) is 6.07 Å². The Bertz CT molecular complexity index is 651. The van der Waals surface area contributed by atoms with Crippen LogP contribution in [-0.2, 0) is 0 Å². The maximum absolute atomic E-state index is 13.5. The number of rotatable bonds is 4. The van der Waals surface area contributed by atoms with Gasteiger partial charge in [0.1, 0.15) is 11.6 Å². The van der Waals surface area contributed by atoms with E-state index in [2.05, 4.69) is 5.32 Å². The molecule has 1 amide bonds. The van der Waals surface area contributed by atoms with Gasteiger partial charge >= 0.3 is 0 Å². The van der Waals surface area contributed by atoms with E-state index in [0.29, 0.717) is 6.07 Å². The molecule has 0 atom stereocenters. The molecule has 0 aliphatic heterocycles. The summed E-state index contributed by atoms with van der Waals surface area (Å²) in [5.74, 6) is -2.84. The van der Waals surface area contributed by atoms with Crippen LogP contribution in [0.5, 0.6) is 0 Å². The number of aryl methyl sites for hydroxylation is 1. The average Bonchev–Trinajstić information content (AvgIpc) is 2.94. The Morgan fingerprint density at radius 3 is 2.65 bits per heavy atom. The van der Waals surface area contributed by atoms with Gasteiger partial charge in [-0.1, -0.05) is 0 Å². The second-order valence-corrected chi connectivity index (χ2v) is 4.16. The molecule has 6 heteroatoms. The predicted octanol–water partition coefficient (Wildman–Crippen LogP) is 2.48. The highest BCUT2D eigenvalue weighted by Crippen LogP contribution is 2.14. The Balaban J connectivity index is 2.06. The summed E-state index contributed by atoms with van der Waals surface area (Å²) in [5.41, 5.74) is -0.162. The van der Waals surface area contributed by atoms with Crippen molar-refractivity contribution in [3.8, 4) is 0 Å². The number of halogens is 2. The second kappa shape index (κ2) is 5.64. The molecule has 0 aliphatic carbocycles. The summed E-state index contributed by atoms with van der Waals surface area (Å²) in [4.78, 5) is 23.3. The van der Waals surface area contributed by atoms with E-state index < -0.39 is 23.3 Å². The average molecular weight is 279 g/mol. The minimum absolute atomic E-state index is 0.0982. The molecule has 2 rings (SSSR count). The van der Waals surface area contributed by atoms with Crippen LogP contribution in [0.3, 0.4) is 0 Å². The van der Waals surface area contributed by atoms with Crippen molar-refractivity contribution >= 4 is 11.7 Å². The zero-order valence-corrected chi connectivity index (χ0v) is 10.6. The number of hydrogen-bond donors (Lipinski definition) is 1. The van der Waals surface area contributed by atoms with Gasteiger partial charge in [0.15, 0.2) is 5.76 Å². The number of ketones is 1. The fourth-order valence-electron chi connectivity index (χ4n) is 1.61. The van der Waals surface area contributed by atoms with Gasteiger partial charge in [-0.05, 0) is 30.7 Å². The van der Waals surface area contributed by atoms with E-state index in [-0.39, 0.29) is 23.4 Å². The molecule has 0 bridgehead atoms. The molecule has 1 aromatic carbocycles. The Hall–Kier alpha value is -2.50. The van der Waals surface area contributed by atoms with Gasteiger partial charge in [-0.25, -0.2) is 8.78 Å². The lowest BCUT2D eigenvalue weighted by atomic mass is 10.1. The van der Waals surface area contributed by atoms with E-state index in [1.54, 1.807) is 0 Å². The molecule has 0 spiro atoms. The molecular weight excluding hydrogens is 268 g/mol. The molecule has 0 saturated heterocycles. The summed E-state index contributed by atoms with van der Waals surface area (Å²) in [7, 11) is 0. The molecule has 1 heterocycles. The summed E-state index contributed by atoms with van der Waals surface area (Å²) >= 11 is 0. The van der Waals surface area contributed by atoms with E-state index >= 15 is 0 Å². The fraction of sp³-hybridized carbons (Fsp3) is 0.143. The van der Waals surface area contributed by atoms with E-state index in [4.69, 9.17) is 4.42 Å². The van der Waals surface area contributed by atoms with E-state index in [0.717, 1.165) is 6.07 Å². The molecule has 4 nitrogen and oxygen atoms in total. The Morgan fingerprint density at radius 2 is 2.00 bits per heavy atom. The quantitative estimate of drug-likeness (QED) is 0.875. The van der Waals surface area contributed by atoms with Gasteiger partial charge in [0.25, 0.3) is 5.91 Å². The molecule has 104 valence electrons. The molecule has 20 heavy (non-hydrogen) atoms. The molecule has 1 aromatic heterocycles. The molecule has 0 saturated carbocycles. The first-order chi connectivity index (χ1) is 9.49. The summed E-state index contributed by atoms with van der Waals surface area (Å²) in [6.45, 7) is 1.09. The van der Waals surface area contributed by atoms with Crippen molar-refractivity contribution in [2.75, 3.05) is 6.54 Å². The fourth-order valence-corrected chi connectivity index (χ4v) is 1.61. The number of hydrogen-bond acceptors (Lipinski definition) is 3. The smallest absolute Gasteiger partial charge is 0.254 e. The number of Topliss-reactive ketones (excluding diaryl/α,β-unsaturated/α-hetero) is 1. The highest BCUT2D eigenvalue weighted by molar-refractivity contribution is 6.00. The van der Waals surface area contributed by atoms with E-state index in [1.807, 2.05) is 0 Å². The molecule has 1 N–H and O–H groups in total. The van der Waals surface area contributed by atoms with Crippen LogP contribution in [0.25, 0.3) is 0 Å². The van der Waals surface area contributed by atoms with Gasteiger partial charge < -0.3 is 9.73 Å². The highest BCUT2D eigenvalue weighted by atomic mass is 19.1. The third-order valence-corrected chi connectivity index (χ3v) is 2.70. The number of nitrogens with one attached hydrogen (secondary N) is 1. The topological polar surface area (TPSA) is 59.3 Å². The second-order valence-electron chi connectivity index (χ2n) is 4.16. The summed E-state index contributed by atoms with van der Waals surface area (Å²) in [5, 5.41) is 2.26. The SMILES string of the molecule is Cc1cc(C(=O)NCC(=O)c2ccco2)c(F)cc1F. The largest absolute Gasteiger partial charge is 0.461 e. The van der Waals surface area contributed by atoms with E-state index in [9.17, 15) is 18.4 Å². The van der Waals surface area contributed by atoms with Crippen molar-refractivity contribution in [3.63, 3.8) is 0 Å². The van der Waals surface area contributed by atoms with Crippen LogP contribution in [-0.4, -0.2) is 18.2 Å². The van der Waals surface area contributed by atoms with Crippen LogP contribution in [0.15, 0.2) is 34.9 Å². The predicted molar refractivity (Wildman–Crippen MR) is 66.5 cm³/mol. The van der Waals surface area contributed by atoms with Crippen molar-refractivity contribution in [2.45, 2.75) is 6.92 Å². The first kappa shape index (κ1) is 13.9. The van der Waals surface area contributed by atoms with Crippen LogP contribution in [0.4, 0.5) is 8.78 Å². The number of furan rings is 1. The number of carbonyl (C=O) groups excluding carboxylic acids is 2. The molecule has 2 aromatic rings. The van der Waals surface area contributed by atoms with Crippen molar-refractivity contribution in [3.05, 3.63) is 59.1 Å². The number of benzene rings is 1. The lowest BCUT2D eigenvalue weighted by Crippen LogP contribution is -2.30. The Morgan fingerprint density at radius 1 is 1.25 bits per heavy atom. The maximum Gasteiger partial charge on any atom is 0.254 e.